The summed E-state index contributed by atoms with van der Waals surface area (Å²) in [6, 6.07) is 18.6. The summed E-state index contributed by atoms with van der Waals surface area (Å²) < 4.78 is 8.14. The number of hydrogen-bond donors (Lipinski definition) is 0. The molecule has 0 unspecified atom stereocenters. The van der Waals surface area contributed by atoms with Crippen LogP contribution in [0.25, 0.3) is 5.70 Å². The molecule has 0 saturated heterocycles. The summed E-state index contributed by atoms with van der Waals surface area (Å²) >= 11 is 0. The van der Waals surface area contributed by atoms with Crippen molar-refractivity contribution < 1.29 is 4.74 Å². The molecule has 0 N–H and O–H groups in total. The number of hydrogen-bond acceptors (Lipinski definition) is 2. The molecule has 2 aromatic carbocycles. The monoisotopic (exact) mass is 318 g/mol. The van der Waals surface area contributed by atoms with Crippen LogP contribution in [0.1, 0.15) is 25.0 Å². The van der Waals surface area contributed by atoms with Crippen molar-refractivity contribution in [2.45, 2.75) is 20.3 Å². The minimum absolute atomic E-state index is 0.654. The van der Waals surface area contributed by atoms with Gasteiger partial charge in [0.2, 0.25) is 0 Å². The van der Waals surface area contributed by atoms with Gasteiger partial charge >= 0.3 is 0 Å². The Hall–Kier alpha value is -2.81. The molecule has 0 atom stereocenters. The highest BCUT2D eigenvalue weighted by atomic mass is 16.5. The molecule has 1 heterocycles. The van der Waals surface area contributed by atoms with Crippen LogP contribution >= 0.6 is 0 Å². The van der Waals surface area contributed by atoms with Crippen molar-refractivity contribution in [3.63, 3.8) is 0 Å². The van der Waals surface area contributed by atoms with Gasteiger partial charge in [0, 0.05) is 24.4 Å². The van der Waals surface area contributed by atoms with E-state index in [0.717, 1.165) is 23.4 Å². The minimum atomic E-state index is 0.654. The fourth-order valence-corrected chi connectivity index (χ4v) is 2.77. The summed E-state index contributed by atoms with van der Waals surface area (Å²) in [7, 11) is 0. The lowest BCUT2D eigenvalue weighted by Gasteiger charge is -2.16. The highest BCUT2D eigenvalue weighted by Gasteiger charge is 2.12. The fourth-order valence-electron chi connectivity index (χ4n) is 2.77. The second-order valence-electron chi connectivity index (χ2n) is 5.90. The summed E-state index contributed by atoms with van der Waals surface area (Å²) in [6.07, 6.45) is 6.47. The van der Waals surface area contributed by atoms with E-state index < -0.39 is 0 Å². The Kier molecular flexibility index (Phi) is 5.12. The molecule has 3 heteroatoms. The van der Waals surface area contributed by atoms with Crippen molar-refractivity contribution in [3.05, 3.63) is 90.0 Å². The third-order valence-corrected chi connectivity index (χ3v) is 3.87. The lowest BCUT2D eigenvalue weighted by Crippen LogP contribution is -2.06. The maximum atomic E-state index is 6.10. The van der Waals surface area contributed by atoms with Crippen molar-refractivity contribution in [1.82, 2.24) is 9.55 Å². The number of allylic oxidation sites excluding steroid dienone is 1. The van der Waals surface area contributed by atoms with Crippen molar-refractivity contribution in [3.8, 4) is 5.75 Å². The molecule has 0 spiro atoms. The Bertz CT molecular complexity index is 801. The predicted molar refractivity (Wildman–Crippen MR) is 98.0 cm³/mol. The third-order valence-electron chi connectivity index (χ3n) is 3.87. The summed E-state index contributed by atoms with van der Waals surface area (Å²) in [4.78, 5) is 4.17. The molecule has 0 radical (unpaired) electrons. The quantitative estimate of drug-likeness (QED) is 0.652. The Labute approximate surface area is 143 Å². The molecule has 1 aromatic heterocycles. The van der Waals surface area contributed by atoms with Crippen LogP contribution in [0.3, 0.4) is 0 Å². The predicted octanol–water partition coefficient (Wildman–Crippen LogP) is 4.80. The summed E-state index contributed by atoms with van der Waals surface area (Å²) in [5.74, 6) is 0.901. The molecule has 0 fully saturated rings. The van der Waals surface area contributed by atoms with Gasteiger partial charge in [-0.1, -0.05) is 48.0 Å². The van der Waals surface area contributed by atoms with Gasteiger partial charge in [-0.3, -0.25) is 0 Å². The van der Waals surface area contributed by atoms with E-state index in [4.69, 9.17) is 4.74 Å². The van der Waals surface area contributed by atoms with Crippen LogP contribution in [0.2, 0.25) is 0 Å². The molecule has 3 nitrogen and oxygen atoms in total. The van der Waals surface area contributed by atoms with Gasteiger partial charge < -0.3 is 9.30 Å². The first kappa shape index (κ1) is 16.1. The number of rotatable bonds is 6. The van der Waals surface area contributed by atoms with Gasteiger partial charge in [-0.05, 0) is 31.5 Å². The zero-order valence-electron chi connectivity index (χ0n) is 14.1. The van der Waals surface area contributed by atoms with Gasteiger partial charge in [-0.2, -0.15) is 0 Å². The van der Waals surface area contributed by atoms with Gasteiger partial charge in [0.05, 0.1) is 18.6 Å². The average molecular weight is 318 g/mol. The molecule has 0 aliphatic carbocycles. The van der Waals surface area contributed by atoms with Gasteiger partial charge in [-0.15, -0.1) is 0 Å². The molecule has 0 aliphatic rings. The lowest BCUT2D eigenvalue weighted by atomic mass is 10.1. The normalized spacial score (nSPS) is 10.4. The first-order valence-corrected chi connectivity index (χ1v) is 8.17. The van der Waals surface area contributed by atoms with E-state index in [-0.39, 0.29) is 0 Å². The van der Waals surface area contributed by atoms with Crippen LogP contribution in [0.5, 0.6) is 5.75 Å². The molecular formula is C21H22N2O. The minimum Gasteiger partial charge on any atom is -0.493 e. The van der Waals surface area contributed by atoms with Crippen LogP contribution in [-0.4, -0.2) is 16.2 Å². The van der Waals surface area contributed by atoms with E-state index in [1.54, 1.807) is 6.20 Å². The van der Waals surface area contributed by atoms with Crippen LogP contribution in [0.4, 0.5) is 0 Å². The highest BCUT2D eigenvalue weighted by Crippen LogP contribution is 2.29. The first-order chi connectivity index (χ1) is 11.8. The smallest absolute Gasteiger partial charge is 0.128 e. The number of nitrogens with zero attached hydrogens (tertiary/aromatic N) is 2. The van der Waals surface area contributed by atoms with Crippen LogP contribution in [0.15, 0.2) is 78.9 Å². The standard InChI is InChI=1S/C21H22N2O/c1-17(2)21(23-14-13-22-16-23)19-10-6-7-11-20(19)24-15-12-18-8-4-3-5-9-18/h3-11,13-14,16H,12,15H2,1-2H3. The molecule has 3 aromatic rings. The number of imidazole rings is 1. The second-order valence-corrected chi connectivity index (χ2v) is 5.90. The number of benzene rings is 2. The average Bonchev–Trinajstić information content (AvgIpc) is 3.11. The van der Waals surface area contributed by atoms with Crippen LogP contribution < -0.4 is 4.74 Å². The Morgan fingerprint density at radius 1 is 1.00 bits per heavy atom. The number of para-hydroxylation sites is 1. The van der Waals surface area contributed by atoms with E-state index in [9.17, 15) is 0 Å². The number of ether oxygens (including phenoxy) is 1. The summed E-state index contributed by atoms with van der Waals surface area (Å²) in [6.45, 7) is 4.87. The van der Waals surface area contributed by atoms with Crippen LogP contribution in [-0.2, 0) is 6.42 Å². The summed E-state index contributed by atoms with van der Waals surface area (Å²) in [5, 5.41) is 0. The number of aromatic nitrogens is 2. The molecule has 24 heavy (non-hydrogen) atoms. The first-order valence-electron chi connectivity index (χ1n) is 8.17. The Morgan fingerprint density at radius 3 is 2.46 bits per heavy atom. The molecular weight excluding hydrogens is 296 g/mol. The van der Waals surface area contributed by atoms with Gasteiger partial charge in [0.25, 0.3) is 0 Å². The largest absolute Gasteiger partial charge is 0.493 e. The molecule has 3 rings (SSSR count). The van der Waals surface area contributed by atoms with Crippen molar-refractivity contribution in [2.75, 3.05) is 6.61 Å². The molecule has 0 saturated carbocycles. The SMILES string of the molecule is CC(C)=C(c1ccccc1OCCc1ccccc1)n1ccnc1. The van der Waals surface area contributed by atoms with E-state index in [1.807, 2.05) is 41.4 Å². The third kappa shape index (κ3) is 3.74. The zero-order valence-corrected chi connectivity index (χ0v) is 14.1. The van der Waals surface area contributed by atoms with E-state index >= 15 is 0 Å². The highest BCUT2D eigenvalue weighted by molar-refractivity contribution is 5.72. The topological polar surface area (TPSA) is 27.1 Å². The molecule has 0 aliphatic heterocycles. The molecule has 0 bridgehead atoms. The van der Waals surface area contributed by atoms with Gasteiger partial charge in [-0.25, -0.2) is 4.98 Å². The van der Waals surface area contributed by atoms with Crippen LogP contribution in [0, 0.1) is 0 Å². The van der Waals surface area contributed by atoms with Gasteiger partial charge in [0.1, 0.15) is 5.75 Å². The van der Waals surface area contributed by atoms with E-state index in [1.165, 1.54) is 11.1 Å². The van der Waals surface area contributed by atoms with Crippen molar-refractivity contribution in [2.24, 2.45) is 0 Å². The van der Waals surface area contributed by atoms with Crippen molar-refractivity contribution >= 4 is 5.70 Å². The maximum absolute atomic E-state index is 6.10. The fraction of sp³-hybridized carbons (Fsp3) is 0.190. The van der Waals surface area contributed by atoms with E-state index in [2.05, 4.69) is 49.2 Å². The Balaban J connectivity index is 1.81. The second kappa shape index (κ2) is 7.64. The molecule has 122 valence electrons. The maximum Gasteiger partial charge on any atom is 0.128 e. The van der Waals surface area contributed by atoms with E-state index in [0.29, 0.717) is 6.61 Å². The Morgan fingerprint density at radius 2 is 1.75 bits per heavy atom. The summed E-state index contributed by atoms with van der Waals surface area (Å²) in [5.41, 5.74) is 4.70. The van der Waals surface area contributed by atoms with Crippen molar-refractivity contribution in [1.29, 1.82) is 0 Å². The molecule has 0 amide bonds. The van der Waals surface area contributed by atoms with Gasteiger partial charge in [0.15, 0.2) is 0 Å². The zero-order chi connectivity index (χ0) is 16.8. The lowest BCUT2D eigenvalue weighted by molar-refractivity contribution is 0.321.